The molecule has 0 saturated heterocycles. The minimum atomic E-state index is -4.32. The number of hydrogen-bond acceptors (Lipinski definition) is 3. The number of nitrogens with one attached hydrogen (secondary N) is 1. The van der Waals surface area contributed by atoms with Gasteiger partial charge in [-0.15, -0.1) is 11.3 Å². The molecule has 2 rings (SSSR count). The third-order valence-corrected chi connectivity index (χ3v) is 3.62. The highest BCUT2D eigenvalue weighted by atomic mass is 32.1. The zero-order chi connectivity index (χ0) is 14.0. The highest BCUT2D eigenvalue weighted by Crippen LogP contribution is 2.33. The lowest BCUT2D eigenvalue weighted by molar-refractivity contribution is -0.138. The van der Waals surface area contributed by atoms with Gasteiger partial charge in [-0.25, -0.2) is 4.98 Å². The van der Waals surface area contributed by atoms with E-state index in [1.165, 1.54) is 24.3 Å². The molecule has 2 nitrogen and oxygen atoms in total. The average Bonchev–Trinajstić information content (AvgIpc) is 2.72. The number of rotatable bonds is 3. The zero-order valence-electron chi connectivity index (χ0n) is 10.5. The normalized spacial score (nSPS) is 11.6. The van der Waals surface area contributed by atoms with Gasteiger partial charge in [-0.2, -0.15) is 13.2 Å². The second-order valence-electron chi connectivity index (χ2n) is 4.26. The van der Waals surface area contributed by atoms with Crippen LogP contribution in [0.3, 0.4) is 0 Å². The molecule has 0 fully saturated rings. The molecule has 0 saturated carbocycles. The molecule has 19 heavy (non-hydrogen) atoms. The summed E-state index contributed by atoms with van der Waals surface area (Å²) in [4.78, 5) is 4.25. The Morgan fingerprint density at radius 1 is 1.26 bits per heavy atom. The minimum Gasteiger partial charge on any atom is -0.379 e. The van der Waals surface area contributed by atoms with Crippen molar-refractivity contribution >= 4 is 17.0 Å². The zero-order valence-corrected chi connectivity index (χ0v) is 11.3. The van der Waals surface area contributed by atoms with Gasteiger partial charge >= 0.3 is 6.18 Å². The first-order chi connectivity index (χ1) is 8.86. The maximum Gasteiger partial charge on any atom is 0.416 e. The van der Waals surface area contributed by atoms with Gasteiger partial charge < -0.3 is 5.32 Å². The second-order valence-corrected chi connectivity index (χ2v) is 5.21. The third kappa shape index (κ3) is 3.47. The van der Waals surface area contributed by atoms with E-state index in [2.05, 4.69) is 10.3 Å². The molecule has 102 valence electrons. The van der Waals surface area contributed by atoms with Gasteiger partial charge in [0.1, 0.15) is 5.01 Å². The summed E-state index contributed by atoms with van der Waals surface area (Å²) < 4.78 is 38.3. The quantitative estimate of drug-likeness (QED) is 0.905. The van der Waals surface area contributed by atoms with Crippen molar-refractivity contribution < 1.29 is 13.2 Å². The van der Waals surface area contributed by atoms with Crippen LogP contribution in [0.4, 0.5) is 18.9 Å². The summed E-state index contributed by atoms with van der Waals surface area (Å²) >= 11 is 1.49. The molecule has 0 amide bonds. The molecular weight excluding hydrogens is 273 g/mol. The fraction of sp³-hybridized carbons (Fsp3) is 0.308. The van der Waals surface area contributed by atoms with Gasteiger partial charge in [0.15, 0.2) is 0 Å². The molecule has 0 aliphatic heterocycles. The van der Waals surface area contributed by atoms with Crippen LogP contribution in [0.1, 0.15) is 21.8 Å². The molecule has 0 aliphatic carbocycles. The lowest BCUT2D eigenvalue weighted by Gasteiger charge is -2.12. The van der Waals surface area contributed by atoms with Crippen LogP contribution in [-0.2, 0) is 12.7 Å². The number of aryl methyl sites for hydroxylation is 2. The molecule has 6 heteroatoms. The van der Waals surface area contributed by atoms with Crippen molar-refractivity contribution in [3.05, 3.63) is 45.4 Å². The summed E-state index contributed by atoms with van der Waals surface area (Å²) in [5, 5.41) is 5.73. The minimum absolute atomic E-state index is 0.225. The molecule has 0 bridgehead atoms. The molecule has 0 unspecified atom stereocenters. The molecule has 1 heterocycles. The Balaban J connectivity index is 2.13. The van der Waals surface area contributed by atoms with E-state index >= 15 is 0 Å². The smallest absolute Gasteiger partial charge is 0.379 e. The Kier molecular flexibility index (Phi) is 3.80. The summed E-state index contributed by atoms with van der Waals surface area (Å²) in [5.74, 6) is 0. The van der Waals surface area contributed by atoms with E-state index in [0.29, 0.717) is 12.2 Å². The maximum atomic E-state index is 12.8. The first-order valence-electron chi connectivity index (χ1n) is 5.69. The summed E-state index contributed by atoms with van der Waals surface area (Å²) in [6.45, 7) is 3.77. The van der Waals surface area contributed by atoms with Crippen molar-refractivity contribution in [2.24, 2.45) is 0 Å². The highest BCUT2D eigenvalue weighted by molar-refractivity contribution is 7.09. The molecule has 1 aromatic carbocycles. The molecule has 0 spiro atoms. The standard InChI is InChI=1S/C13H13F3N2S/c1-8-3-4-10(5-11(8)13(14,15)16)17-6-12-18-9(2)7-19-12/h3-5,7,17H,6H2,1-2H3. The average molecular weight is 286 g/mol. The van der Waals surface area contributed by atoms with Crippen LogP contribution in [-0.4, -0.2) is 4.98 Å². The number of thiazole rings is 1. The fourth-order valence-corrected chi connectivity index (χ4v) is 2.41. The van der Waals surface area contributed by atoms with E-state index in [-0.39, 0.29) is 5.56 Å². The van der Waals surface area contributed by atoms with E-state index in [0.717, 1.165) is 16.8 Å². The lowest BCUT2D eigenvalue weighted by Crippen LogP contribution is -2.08. The summed E-state index contributed by atoms with van der Waals surface area (Å²) in [6.07, 6.45) is -4.32. The Hall–Kier alpha value is -1.56. The van der Waals surface area contributed by atoms with E-state index in [4.69, 9.17) is 0 Å². The predicted octanol–water partition coefficient (Wildman–Crippen LogP) is 4.39. The first-order valence-corrected chi connectivity index (χ1v) is 6.57. The SMILES string of the molecule is Cc1csc(CNc2ccc(C)c(C(F)(F)F)c2)n1. The Bertz CT molecular complexity index is 576. The fourth-order valence-electron chi connectivity index (χ4n) is 1.70. The van der Waals surface area contributed by atoms with E-state index in [1.54, 1.807) is 6.07 Å². The molecule has 2 aromatic rings. The second kappa shape index (κ2) is 5.21. The van der Waals surface area contributed by atoms with E-state index < -0.39 is 11.7 Å². The van der Waals surface area contributed by atoms with Gasteiger partial charge in [0.2, 0.25) is 0 Å². The predicted molar refractivity (Wildman–Crippen MR) is 70.4 cm³/mol. The first kappa shape index (κ1) is 13.9. The van der Waals surface area contributed by atoms with Gasteiger partial charge in [-0.05, 0) is 31.5 Å². The van der Waals surface area contributed by atoms with Crippen LogP contribution in [0.2, 0.25) is 0 Å². The maximum absolute atomic E-state index is 12.8. The number of benzene rings is 1. The van der Waals surface area contributed by atoms with Crippen molar-refractivity contribution in [3.63, 3.8) is 0 Å². The van der Waals surface area contributed by atoms with Gasteiger partial charge in [-0.3, -0.25) is 0 Å². The molecule has 0 atom stereocenters. The Labute approximate surface area is 113 Å². The van der Waals surface area contributed by atoms with Crippen LogP contribution in [0.25, 0.3) is 0 Å². The molecule has 0 aliphatic rings. The molecule has 0 radical (unpaired) electrons. The van der Waals surface area contributed by atoms with Crippen molar-refractivity contribution in [3.8, 4) is 0 Å². The number of anilines is 1. The lowest BCUT2D eigenvalue weighted by atomic mass is 10.1. The van der Waals surface area contributed by atoms with E-state index in [9.17, 15) is 13.2 Å². The molecule has 1 aromatic heterocycles. The van der Waals surface area contributed by atoms with Gasteiger partial charge in [0.25, 0.3) is 0 Å². The van der Waals surface area contributed by atoms with E-state index in [1.807, 2.05) is 12.3 Å². The number of halogens is 3. The van der Waals surface area contributed by atoms with Gasteiger partial charge in [-0.1, -0.05) is 6.07 Å². The van der Waals surface area contributed by atoms with Crippen LogP contribution in [0, 0.1) is 13.8 Å². The van der Waals surface area contributed by atoms with Crippen LogP contribution < -0.4 is 5.32 Å². The third-order valence-electron chi connectivity index (χ3n) is 2.65. The number of hydrogen-bond donors (Lipinski definition) is 1. The number of alkyl halides is 3. The Morgan fingerprint density at radius 3 is 2.58 bits per heavy atom. The summed E-state index contributed by atoms with van der Waals surface area (Å²) in [7, 11) is 0. The van der Waals surface area contributed by atoms with Gasteiger partial charge in [0, 0.05) is 16.8 Å². The number of nitrogens with zero attached hydrogens (tertiary/aromatic N) is 1. The summed E-state index contributed by atoms with van der Waals surface area (Å²) in [6, 6.07) is 4.25. The highest BCUT2D eigenvalue weighted by Gasteiger charge is 2.32. The van der Waals surface area contributed by atoms with Crippen molar-refractivity contribution in [2.45, 2.75) is 26.6 Å². The van der Waals surface area contributed by atoms with Crippen molar-refractivity contribution in [1.82, 2.24) is 4.98 Å². The van der Waals surface area contributed by atoms with Crippen LogP contribution >= 0.6 is 11.3 Å². The molecular formula is C13H13F3N2S. The van der Waals surface area contributed by atoms with Gasteiger partial charge in [0.05, 0.1) is 12.1 Å². The topological polar surface area (TPSA) is 24.9 Å². The van der Waals surface area contributed by atoms with Crippen molar-refractivity contribution in [1.29, 1.82) is 0 Å². The molecule has 1 N–H and O–H groups in total. The monoisotopic (exact) mass is 286 g/mol. The largest absolute Gasteiger partial charge is 0.416 e. The Morgan fingerprint density at radius 2 is 2.00 bits per heavy atom. The number of aromatic nitrogens is 1. The summed E-state index contributed by atoms with van der Waals surface area (Å²) in [5.41, 5.74) is 0.989. The van der Waals surface area contributed by atoms with Crippen LogP contribution in [0.15, 0.2) is 23.6 Å². The van der Waals surface area contributed by atoms with Crippen LogP contribution in [0.5, 0.6) is 0 Å². The van der Waals surface area contributed by atoms with Crippen molar-refractivity contribution in [2.75, 3.05) is 5.32 Å².